The van der Waals surface area contributed by atoms with Crippen LogP contribution in [0, 0.1) is 12.7 Å². The maximum Gasteiger partial charge on any atom is 0.129 e. The van der Waals surface area contributed by atoms with Crippen LogP contribution in [0.15, 0.2) is 42.5 Å². The van der Waals surface area contributed by atoms with E-state index in [4.69, 9.17) is 0 Å². The zero-order chi connectivity index (χ0) is 14.8. The smallest absolute Gasteiger partial charge is 0.129 e. The number of halogens is 1. The second-order valence-corrected chi connectivity index (χ2v) is 5.08. The van der Waals surface area contributed by atoms with Crippen molar-refractivity contribution in [2.75, 3.05) is 5.32 Å². The fourth-order valence-electron chi connectivity index (χ4n) is 2.55. The van der Waals surface area contributed by atoms with Crippen LogP contribution >= 0.6 is 0 Å². The Bertz CT molecular complexity index is 777. The minimum Gasteiger partial charge on any atom is -0.378 e. The van der Waals surface area contributed by atoms with Crippen molar-refractivity contribution >= 4 is 16.7 Å². The third-order valence-corrected chi connectivity index (χ3v) is 3.66. The normalized spacial score (nSPS) is 11.0. The highest BCUT2D eigenvalue weighted by Crippen LogP contribution is 2.18. The lowest BCUT2D eigenvalue weighted by Crippen LogP contribution is -2.08. The molecule has 108 valence electrons. The molecule has 0 unspecified atom stereocenters. The van der Waals surface area contributed by atoms with E-state index in [1.165, 1.54) is 6.07 Å². The summed E-state index contributed by atoms with van der Waals surface area (Å²) >= 11 is 0. The third kappa shape index (κ3) is 2.61. The summed E-state index contributed by atoms with van der Waals surface area (Å²) in [5, 5.41) is 3.31. The van der Waals surface area contributed by atoms with Crippen molar-refractivity contribution in [2.45, 2.75) is 26.9 Å². The van der Waals surface area contributed by atoms with Crippen molar-refractivity contribution in [2.24, 2.45) is 0 Å². The minimum absolute atomic E-state index is 0.179. The molecule has 2 aromatic carbocycles. The first kappa shape index (κ1) is 13.6. The third-order valence-electron chi connectivity index (χ3n) is 3.66. The number of aromatic nitrogens is 2. The number of hydrogen-bond donors (Lipinski definition) is 1. The molecule has 3 aromatic rings. The molecular weight excluding hydrogens is 265 g/mol. The summed E-state index contributed by atoms with van der Waals surface area (Å²) in [6.45, 7) is 5.37. The molecule has 0 aliphatic rings. The van der Waals surface area contributed by atoms with E-state index in [0.29, 0.717) is 12.1 Å². The molecule has 0 aliphatic carbocycles. The van der Waals surface area contributed by atoms with Crippen LogP contribution in [0.5, 0.6) is 0 Å². The number of benzene rings is 2. The Balaban J connectivity index is 1.86. The lowest BCUT2D eigenvalue weighted by Gasteiger charge is -2.09. The van der Waals surface area contributed by atoms with E-state index >= 15 is 0 Å². The molecular formula is C17H18FN3. The highest BCUT2D eigenvalue weighted by molar-refractivity contribution is 5.76. The summed E-state index contributed by atoms with van der Waals surface area (Å²) < 4.78 is 15.5. The number of imidazole rings is 1. The Hall–Kier alpha value is -2.36. The molecule has 3 rings (SSSR count). The summed E-state index contributed by atoms with van der Waals surface area (Å²) in [5.41, 5.74) is 3.70. The van der Waals surface area contributed by atoms with Gasteiger partial charge in [0.25, 0.3) is 0 Å². The Morgan fingerprint density at radius 1 is 1.19 bits per heavy atom. The number of aryl methyl sites for hydroxylation is 2. The maximum absolute atomic E-state index is 13.3. The van der Waals surface area contributed by atoms with Crippen molar-refractivity contribution in [3.05, 3.63) is 59.7 Å². The highest BCUT2D eigenvalue weighted by Gasteiger charge is 2.08. The predicted octanol–water partition coefficient (Wildman–Crippen LogP) is 4.12. The molecule has 0 spiro atoms. The van der Waals surface area contributed by atoms with Gasteiger partial charge < -0.3 is 9.88 Å². The van der Waals surface area contributed by atoms with Gasteiger partial charge in [-0.2, -0.15) is 0 Å². The molecule has 21 heavy (non-hydrogen) atoms. The molecule has 4 heteroatoms. The Kier molecular flexibility index (Phi) is 3.60. The zero-order valence-electron chi connectivity index (χ0n) is 12.2. The summed E-state index contributed by atoms with van der Waals surface area (Å²) in [7, 11) is 0. The first-order valence-electron chi connectivity index (χ1n) is 7.13. The quantitative estimate of drug-likeness (QED) is 0.780. The van der Waals surface area contributed by atoms with E-state index in [1.54, 1.807) is 13.0 Å². The topological polar surface area (TPSA) is 29.9 Å². The van der Waals surface area contributed by atoms with Gasteiger partial charge in [0.2, 0.25) is 0 Å². The average Bonchev–Trinajstić information content (AvgIpc) is 2.86. The van der Waals surface area contributed by atoms with Crippen LogP contribution in [0.2, 0.25) is 0 Å². The molecule has 1 N–H and O–H groups in total. The standard InChI is InChI=1S/C17H18FN3/c1-3-21-16-7-5-4-6-15(16)20-17(21)11-19-13-8-9-14(18)12(2)10-13/h4-10,19H,3,11H2,1-2H3. The van der Waals surface area contributed by atoms with Crippen LogP contribution in [0.4, 0.5) is 10.1 Å². The molecule has 3 nitrogen and oxygen atoms in total. The van der Waals surface area contributed by atoms with Crippen LogP contribution in [0.1, 0.15) is 18.3 Å². The molecule has 1 aromatic heterocycles. The van der Waals surface area contributed by atoms with Gasteiger partial charge in [0.15, 0.2) is 0 Å². The van der Waals surface area contributed by atoms with Crippen molar-refractivity contribution in [1.82, 2.24) is 9.55 Å². The van der Waals surface area contributed by atoms with E-state index in [9.17, 15) is 4.39 Å². The van der Waals surface area contributed by atoms with E-state index in [1.807, 2.05) is 24.3 Å². The molecule has 0 saturated carbocycles. The Labute approximate surface area is 123 Å². The molecule has 0 saturated heterocycles. The minimum atomic E-state index is -0.179. The molecule has 0 aliphatic heterocycles. The second-order valence-electron chi connectivity index (χ2n) is 5.08. The van der Waals surface area contributed by atoms with Gasteiger partial charge in [0.05, 0.1) is 17.6 Å². The molecule has 0 amide bonds. The van der Waals surface area contributed by atoms with E-state index in [0.717, 1.165) is 29.1 Å². The number of hydrogen-bond acceptors (Lipinski definition) is 2. The zero-order valence-corrected chi connectivity index (χ0v) is 12.2. The molecule has 0 fully saturated rings. The Morgan fingerprint density at radius 2 is 2.00 bits per heavy atom. The summed E-state index contributed by atoms with van der Waals surface area (Å²) in [6.07, 6.45) is 0. The van der Waals surface area contributed by atoms with E-state index in [-0.39, 0.29) is 5.82 Å². The van der Waals surface area contributed by atoms with Gasteiger partial charge in [-0.05, 0) is 49.7 Å². The maximum atomic E-state index is 13.3. The summed E-state index contributed by atoms with van der Waals surface area (Å²) in [4.78, 5) is 4.66. The number of nitrogens with one attached hydrogen (secondary N) is 1. The van der Waals surface area contributed by atoms with Gasteiger partial charge in [-0.3, -0.25) is 0 Å². The summed E-state index contributed by atoms with van der Waals surface area (Å²) in [6, 6.07) is 13.2. The van der Waals surface area contributed by atoms with Crippen molar-refractivity contribution in [3.63, 3.8) is 0 Å². The van der Waals surface area contributed by atoms with Crippen LogP contribution < -0.4 is 5.32 Å². The van der Waals surface area contributed by atoms with Gasteiger partial charge in [-0.1, -0.05) is 12.1 Å². The van der Waals surface area contributed by atoms with Crippen molar-refractivity contribution in [1.29, 1.82) is 0 Å². The van der Waals surface area contributed by atoms with Crippen LogP contribution in [-0.4, -0.2) is 9.55 Å². The van der Waals surface area contributed by atoms with Gasteiger partial charge in [0, 0.05) is 12.2 Å². The first-order valence-corrected chi connectivity index (χ1v) is 7.13. The monoisotopic (exact) mass is 283 g/mol. The van der Waals surface area contributed by atoms with Crippen LogP contribution in [0.3, 0.4) is 0 Å². The second kappa shape index (κ2) is 5.56. The highest BCUT2D eigenvalue weighted by atomic mass is 19.1. The number of fused-ring (bicyclic) bond motifs is 1. The van der Waals surface area contributed by atoms with Gasteiger partial charge in [-0.25, -0.2) is 9.37 Å². The molecule has 1 heterocycles. The van der Waals surface area contributed by atoms with E-state index < -0.39 is 0 Å². The molecule has 0 bridgehead atoms. The fourth-order valence-corrected chi connectivity index (χ4v) is 2.55. The first-order chi connectivity index (χ1) is 10.2. The SMILES string of the molecule is CCn1c(CNc2ccc(F)c(C)c2)nc2ccccc21. The van der Waals surface area contributed by atoms with Gasteiger partial charge in [-0.15, -0.1) is 0 Å². The number of rotatable bonds is 4. The van der Waals surface area contributed by atoms with E-state index in [2.05, 4.69) is 27.9 Å². The lowest BCUT2D eigenvalue weighted by atomic mass is 10.2. The Morgan fingerprint density at radius 3 is 2.76 bits per heavy atom. The van der Waals surface area contributed by atoms with Crippen molar-refractivity contribution < 1.29 is 4.39 Å². The van der Waals surface area contributed by atoms with Crippen LogP contribution in [-0.2, 0) is 13.1 Å². The molecule has 0 radical (unpaired) electrons. The predicted molar refractivity (Wildman–Crippen MR) is 83.9 cm³/mol. The summed E-state index contributed by atoms with van der Waals surface area (Å²) in [5.74, 6) is 0.807. The molecule has 0 atom stereocenters. The van der Waals surface area contributed by atoms with Crippen LogP contribution in [0.25, 0.3) is 11.0 Å². The average molecular weight is 283 g/mol. The number of nitrogens with zero attached hydrogens (tertiary/aromatic N) is 2. The number of para-hydroxylation sites is 2. The van der Waals surface area contributed by atoms with Gasteiger partial charge in [0.1, 0.15) is 11.6 Å². The largest absolute Gasteiger partial charge is 0.378 e. The van der Waals surface area contributed by atoms with Gasteiger partial charge >= 0.3 is 0 Å². The fraction of sp³-hybridized carbons (Fsp3) is 0.235. The number of anilines is 1. The lowest BCUT2D eigenvalue weighted by molar-refractivity contribution is 0.618. The van der Waals surface area contributed by atoms with Crippen molar-refractivity contribution in [3.8, 4) is 0 Å².